The van der Waals surface area contributed by atoms with E-state index in [4.69, 9.17) is 39.1 Å². The van der Waals surface area contributed by atoms with Crippen LogP contribution in [-0.4, -0.2) is 55.1 Å². The number of alkyl halides is 3. The van der Waals surface area contributed by atoms with Gasteiger partial charge >= 0.3 is 11.9 Å². The second-order valence-electron chi connectivity index (χ2n) is 11.8. The summed E-state index contributed by atoms with van der Waals surface area (Å²) in [4.78, 5) is 34.2. The van der Waals surface area contributed by atoms with Crippen LogP contribution in [0.15, 0.2) is 77.6 Å². The molecule has 0 amide bonds. The molecule has 6 rings (SSSR count). The van der Waals surface area contributed by atoms with Crippen LogP contribution in [0.2, 0.25) is 10.0 Å². The highest BCUT2D eigenvalue weighted by Crippen LogP contribution is 2.38. The van der Waals surface area contributed by atoms with Crippen molar-refractivity contribution in [3.8, 4) is 22.4 Å². The summed E-state index contributed by atoms with van der Waals surface area (Å²) in [6.45, 7) is 4.56. The number of fused-ring (bicyclic) bond motifs is 1. The summed E-state index contributed by atoms with van der Waals surface area (Å²) in [5.41, 5.74) is 1.07. The van der Waals surface area contributed by atoms with Crippen molar-refractivity contribution in [2.75, 3.05) is 24.5 Å². The minimum atomic E-state index is -4.49. The lowest BCUT2D eigenvalue weighted by Crippen LogP contribution is -2.62. The molecule has 1 aliphatic rings. The molecule has 2 N–H and O–H groups in total. The molecule has 0 bridgehead atoms. The lowest BCUT2D eigenvalue weighted by Gasteiger charge is -2.45. The Morgan fingerprint density at radius 2 is 1.50 bits per heavy atom. The second-order valence-corrected chi connectivity index (χ2v) is 12.7. The number of anilines is 1. The first kappa shape index (κ1) is 33.7. The third kappa shape index (κ3) is 6.21. The Kier molecular flexibility index (Phi) is 9.12. The SMILES string of the molecule is CCN(N)C1(C(C)=O)CCN(c2nc(-c3ccc(Cl)cc3)c(-c3ccc(Cl)cc3)c3nn(Cc4ccc(C(F)(F)F)cc4)c(=O)n23)CC1. The van der Waals surface area contributed by atoms with Gasteiger partial charge in [0.1, 0.15) is 0 Å². The molecule has 3 aromatic carbocycles. The van der Waals surface area contributed by atoms with Gasteiger partial charge in [-0.25, -0.2) is 23.9 Å². The summed E-state index contributed by atoms with van der Waals surface area (Å²) in [6.07, 6.45) is -3.68. The van der Waals surface area contributed by atoms with E-state index in [-0.39, 0.29) is 12.3 Å². The van der Waals surface area contributed by atoms with Crippen LogP contribution < -0.4 is 16.4 Å². The summed E-state index contributed by atoms with van der Waals surface area (Å²) in [7, 11) is 0. The number of rotatable bonds is 8. The number of hydrazine groups is 1. The normalized spacial score (nSPS) is 15.0. The number of benzene rings is 3. The molecule has 0 atom stereocenters. The molecule has 0 aliphatic carbocycles. The number of nitrogens with zero attached hydrogens (tertiary/aromatic N) is 6. The zero-order valence-corrected chi connectivity index (χ0v) is 27.6. The zero-order valence-electron chi connectivity index (χ0n) is 26.1. The van der Waals surface area contributed by atoms with Gasteiger partial charge in [0, 0.05) is 35.2 Å². The molecule has 2 aromatic heterocycles. The number of Topliss-reactive ketones (excluding diaryl/α,β-unsaturated/α-hetero) is 1. The molecular weight excluding hydrogens is 666 g/mol. The minimum Gasteiger partial charge on any atom is -0.342 e. The fourth-order valence-electron chi connectivity index (χ4n) is 6.27. The summed E-state index contributed by atoms with van der Waals surface area (Å²) >= 11 is 12.5. The maximum atomic E-state index is 14.2. The van der Waals surface area contributed by atoms with Gasteiger partial charge in [0.15, 0.2) is 11.4 Å². The highest BCUT2D eigenvalue weighted by Gasteiger charge is 2.43. The van der Waals surface area contributed by atoms with E-state index in [1.165, 1.54) is 28.1 Å². The van der Waals surface area contributed by atoms with Gasteiger partial charge in [0.25, 0.3) is 0 Å². The third-order valence-corrected chi connectivity index (χ3v) is 9.50. The fourth-order valence-corrected chi connectivity index (χ4v) is 6.52. The molecule has 0 unspecified atom stereocenters. The van der Waals surface area contributed by atoms with E-state index in [0.29, 0.717) is 82.1 Å². The van der Waals surface area contributed by atoms with Crippen LogP contribution in [0.5, 0.6) is 0 Å². The van der Waals surface area contributed by atoms with Crippen LogP contribution in [0.4, 0.5) is 19.1 Å². The predicted octanol–water partition coefficient (Wildman–Crippen LogP) is 6.72. The Morgan fingerprint density at radius 3 is 2.02 bits per heavy atom. The van der Waals surface area contributed by atoms with Gasteiger partial charge in [0.05, 0.1) is 28.9 Å². The topological polar surface area (TPSA) is 102 Å². The number of hydrogen-bond acceptors (Lipinski definition) is 7. The largest absolute Gasteiger partial charge is 0.416 e. The van der Waals surface area contributed by atoms with Crippen LogP contribution in [0.3, 0.4) is 0 Å². The van der Waals surface area contributed by atoms with Crippen LogP contribution in [0.25, 0.3) is 28.0 Å². The lowest BCUT2D eigenvalue weighted by atomic mass is 9.83. The average Bonchev–Trinajstić information content (AvgIpc) is 3.39. The number of halogens is 5. The smallest absolute Gasteiger partial charge is 0.342 e. The predicted molar refractivity (Wildman–Crippen MR) is 180 cm³/mol. The summed E-state index contributed by atoms with van der Waals surface area (Å²) in [5, 5.41) is 7.39. The van der Waals surface area contributed by atoms with E-state index in [9.17, 15) is 22.8 Å². The first-order chi connectivity index (χ1) is 22.8. The molecule has 3 heterocycles. The molecule has 1 aliphatic heterocycles. The number of hydrogen-bond donors (Lipinski definition) is 1. The van der Waals surface area contributed by atoms with Gasteiger partial charge in [-0.15, -0.1) is 5.10 Å². The van der Waals surface area contributed by atoms with Gasteiger partial charge in [-0.2, -0.15) is 13.2 Å². The Bertz CT molecular complexity index is 2020. The van der Waals surface area contributed by atoms with Gasteiger partial charge < -0.3 is 4.90 Å². The van der Waals surface area contributed by atoms with Crippen molar-refractivity contribution in [1.29, 1.82) is 0 Å². The highest BCUT2D eigenvalue weighted by atomic mass is 35.5. The van der Waals surface area contributed by atoms with Crippen molar-refractivity contribution in [3.05, 3.63) is 104 Å². The average molecular weight is 699 g/mol. The summed E-state index contributed by atoms with van der Waals surface area (Å²) in [6, 6.07) is 18.8. The molecule has 5 aromatic rings. The monoisotopic (exact) mass is 697 g/mol. The second kappa shape index (κ2) is 13.0. The molecule has 0 saturated carbocycles. The van der Waals surface area contributed by atoms with E-state index in [1.54, 1.807) is 41.4 Å². The van der Waals surface area contributed by atoms with Crippen molar-refractivity contribution < 1.29 is 18.0 Å². The van der Waals surface area contributed by atoms with Gasteiger partial charge in [-0.3, -0.25) is 10.6 Å². The van der Waals surface area contributed by atoms with Crippen molar-refractivity contribution in [2.45, 2.75) is 44.9 Å². The highest BCUT2D eigenvalue weighted by molar-refractivity contribution is 6.31. The minimum absolute atomic E-state index is 0.0360. The fraction of sp³-hybridized carbons (Fsp3) is 0.294. The molecule has 0 radical (unpaired) electrons. The maximum Gasteiger partial charge on any atom is 0.416 e. The third-order valence-electron chi connectivity index (χ3n) is 8.99. The molecule has 9 nitrogen and oxygen atoms in total. The number of carbonyl (C=O) groups is 1. The van der Waals surface area contributed by atoms with Crippen molar-refractivity contribution in [1.82, 2.24) is 24.2 Å². The van der Waals surface area contributed by atoms with E-state index in [2.05, 4.69) is 0 Å². The van der Waals surface area contributed by atoms with Crippen LogP contribution in [-0.2, 0) is 17.5 Å². The van der Waals surface area contributed by atoms with E-state index in [1.807, 2.05) is 24.0 Å². The zero-order chi connectivity index (χ0) is 34.4. The number of ketones is 1. The Morgan fingerprint density at radius 1 is 0.938 bits per heavy atom. The lowest BCUT2D eigenvalue weighted by molar-refractivity contribution is -0.137. The molecule has 1 fully saturated rings. The number of piperidine rings is 1. The van der Waals surface area contributed by atoms with Gasteiger partial charge in [0.2, 0.25) is 5.95 Å². The Hall–Kier alpha value is -4.23. The first-order valence-electron chi connectivity index (χ1n) is 15.3. The standard InChI is InChI=1S/C34H32Cl2F3N7O2/c1-3-45(40)33(21(2)47)16-18-43(19-17-33)31-41-29(24-8-14-27(36)15-9-24)28(23-6-12-26(35)13-7-23)30-42-44(32(48)46(30)31)20-22-4-10-25(11-5-22)34(37,38)39/h4-15H,3,16-20,40H2,1-2H3. The van der Waals surface area contributed by atoms with E-state index in [0.717, 1.165) is 12.1 Å². The molecule has 0 spiro atoms. The van der Waals surface area contributed by atoms with E-state index >= 15 is 0 Å². The quantitative estimate of drug-likeness (QED) is 0.142. The number of nitrogens with two attached hydrogens (primary N) is 1. The van der Waals surface area contributed by atoms with Crippen molar-refractivity contribution in [3.63, 3.8) is 0 Å². The van der Waals surface area contributed by atoms with Crippen LogP contribution in [0.1, 0.15) is 37.8 Å². The van der Waals surface area contributed by atoms with Gasteiger partial charge in [-0.1, -0.05) is 66.5 Å². The summed E-state index contributed by atoms with van der Waals surface area (Å²) in [5.74, 6) is 6.60. The van der Waals surface area contributed by atoms with Crippen molar-refractivity contribution in [2.24, 2.45) is 5.84 Å². The number of aromatic nitrogens is 4. The molecular formula is C34H32Cl2F3N7O2. The van der Waals surface area contributed by atoms with Crippen molar-refractivity contribution >= 4 is 40.6 Å². The first-order valence-corrected chi connectivity index (χ1v) is 16.1. The van der Waals surface area contributed by atoms with Crippen LogP contribution >= 0.6 is 23.2 Å². The molecule has 1 saturated heterocycles. The number of likely N-dealkylation sites (N-methyl/N-ethyl adjacent to an activating group) is 1. The maximum absolute atomic E-state index is 14.2. The van der Waals surface area contributed by atoms with Gasteiger partial charge in [-0.05, 0) is 67.3 Å². The summed E-state index contributed by atoms with van der Waals surface area (Å²) < 4.78 is 42.3. The molecule has 48 heavy (non-hydrogen) atoms. The number of carbonyl (C=O) groups excluding carboxylic acids is 1. The Labute approximate surface area is 284 Å². The Balaban J connectivity index is 1.56. The van der Waals surface area contributed by atoms with E-state index < -0.39 is 23.0 Å². The molecule has 250 valence electrons. The molecule has 14 heteroatoms. The van der Waals surface area contributed by atoms with Crippen LogP contribution in [0, 0.1) is 0 Å².